The molecule has 3 amide bonds. The molecule has 0 radical (unpaired) electrons. The molecule has 3 atom stereocenters. The van der Waals surface area contributed by atoms with Gasteiger partial charge in [0.25, 0.3) is 0 Å². The van der Waals surface area contributed by atoms with Crippen molar-refractivity contribution >= 4 is 53.4 Å². The third-order valence-corrected chi connectivity index (χ3v) is 8.38. The van der Waals surface area contributed by atoms with Crippen LogP contribution in [0, 0.1) is 5.82 Å². The van der Waals surface area contributed by atoms with Gasteiger partial charge < -0.3 is 15.1 Å². The largest absolute Gasteiger partial charge is 0.346 e. The highest BCUT2D eigenvalue weighted by atomic mass is 35.5. The molecule has 0 spiro atoms. The summed E-state index contributed by atoms with van der Waals surface area (Å²) in [6.45, 7) is 0.611. The van der Waals surface area contributed by atoms with Crippen LogP contribution in [-0.4, -0.2) is 69.7 Å². The van der Waals surface area contributed by atoms with Gasteiger partial charge in [-0.2, -0.15) is 0 Å². The van der Waals surface area contributed by atoms with Crippen LogP contribution in [0.4, 0.5) is 4.39 Å². The fourth-order valence-corrected chi connectivity index (χ4v) is 6.24. The number of hydrogen-bond acceptors (Lipinski definition) is 5. The molecule has 7 nitrogen and oxygen atoms in total. The minimum absolute atomic E-state index is 0.123. The number of nitrogens with one attached hydrogen (secondary N) is 1. The molecule has 2 aromatic carbocycles. The van der Waals surface area contributed by atoms with Crippen LogP contribution in [0.5, 0.6) is 0 Å². The Labute approximate surface area is 216 Å². The number of halogens is 3. The first-order valence-corrected chi connectivity index (χ1v) is 12.8. The Kier molecular flexibility index (Phi) is 6.94. The Bertz CT molecular complexity index is 1150. The average Bonchev–Trinajstić information content (AvgIpc) is 3.66. The van der Waals surface area contributed by atoms with Crippen molar-refractivity contribution in [3.8, 4) is 0 Å². The van der Waals surface area contributed by atoms with E-state index in [9.17, 15) is 18.8 Å². The maximum atomic E-state index is 13.6. The van der Waals surface area contributed by atoms with Gasteiger partial charge in [-0.1, -0.05) is 35.3 Å². The number of rotatable bonds is 7. The van der Waals surface area contributed by atoms with Crippen LogP contribution in [0.15, 0.2) is 47.4 Å². The van der Waals surface area contributed by atoms with Crippen molar-refractivity contribution in [1.29, 1.82) is 0 Å². The van der Waals surface area contributed by atoms with Crippen LogP contribution in [0.3, 0.4) is 0 Å². The highest BCUT2D eigenvalue weighted by Crippen LogP contribution is 2.40. The minimum atomic E-state index is -0.821. The van der Waals surface area contributed by atoms with Crippen molar-refractivity contribution in [2.24, 2.45) is 0 Å². The van der Waals surface area contributed by atoms with Gasteiger partial charge in [0, 0.05) is 28.9 Å². The average molecular weight is 537 g/mol. The van der Waals surface area contributed by atoms with Gasteiger partial charge in [0.2, 0.25) is 18.2 Å². The predicted octanol–water partition coefficient (Wildman–Crippen LogP) is 3.34. The third-order valence-electron chi connectivity index (χ3n) is 6.54. The second-order valence-corrected chi connectivity index (χ2v) is 10.8. The SMILES string of the molecule is O=CNC1CN(Sc2ccc(Cl)cc2Cl)C2CN(C3CC3)C(=O)C(Cc3ccc(F)cc3)N2C1=O. The summed E-state index contributed by atoms with van der Waals surface area (Å²) in [6, 6.07) is 9.71. The predicted molar refractivity (Wildman–Crippen MR) is 131 cm³/mol. The van der Waals surface area contributed by atoms with E-state index in [0.717, 1.165) is 23.3 Å². The Hall–Kier alpha value is -2.33. The van der Waals surface area contributed by atoms with E-state index in [2.05, 4.69) is 5.32 Å². The van der Waals surface area contributed by atoms with E-state index in [1.807, 2.05) is 9.21 Å². The molecule has 1 saturated carbocycles. The fourth-order valence-electron chi connectivity index (χ4n) is 4.69. The molecule has 2 aromatic rings. The maximum Gasteiger partial charge on any atom is 0.248 e. The molecular formula is C24H23Cl2FN4O3S. The van der Waals surface area contributed by atoms with Gasteiger partial charge in [0.05, 0.1) is 11.6 Å². The quantitative estimate of drug-likeness (QED) is 0.434. The number of piperazine rings is 1. The van der Waals surface area contributed by atoms with Crippen LogP contribution in [0.25, 0.3) is 0 Å². The molecule has 0 aromatic heterocycles. The molecule has 3 unspecified atom stereocenters. The van der Waals surface area contributed by atoms with Crippen molar-refractivity contribution in [2.75, 3.05) is 13.1 Å². The minimum Gasteiger partial charge on any atom is -0.346 e. The van der Waals surface area contributed by atoms with E-state index in [1.165, 1.54) is 24.1 Å². The molecule has 3 fully saturated rings. The van der Waals surface area contributed by atoms with E-state index in [-0.39, 0.29) is 36.6 Å². The topological polar surface area (TPSA) is 73.0 Å². The fraction of sp³-hybridized carbons (Fsp3) is 0.375. The van der Waals surface area contributed by atoms with Crippen molar-refractivity contribution in [3.63, 3.8) is 0 Å². The molecule has 184 valence electrons. The molecular weight excluding hydrogens is 514 g/mol. The Balaban J connectivity index is 1.51. The Morgan fingerprint density at radius 1 is 1.06 bits per heavy atom. The summed E-state index contributed by atoms with van der Waals surface area (Å²) in [5, 5.41) is 3.59. The van der Waals surface area contributed by atoms with Crippen LogP contribution >= 0.6 is 35.1 Å². The maximum absolute atomic E-state index is 13.6. The van der Waals surface area contributed by atoms with Gasteiger partial charge >= 0.3 is 0 Å². The van der Waals surface area contributed by atoms with Crippen molar-refractivity contribution in [3.05, 3.63) is 63.9 Å². The number of carbonyl (C=O) groups excluding carboxylic acids is 3. The van der Waals surface area contributed by atoms with Gasteiger partial charge in [-0.05, 0) is 60.7 Å². The summed E-state index contributed by atoms with van der Waals surface area (Å²) in [7, 11) is 0. The summed E-state index contributed by atoms with van der Waals surface area (Å²) in [4.78, 5) is 42.7. The number of benzene rings is 2. The van der Waals surface area contributed by atoms with Gasteiger partial charge in [0.1, 0.15) is 24.1 Å². The van der Waals surface area contributed by atoms with E-state index < -0.39 is 18.2 Å². The highest BCUT2D eigenvalue weighted by Gasteiger charge is 2.53. The van der Waals surface area contributed by atoms with E-state index in [0.29, 0.717) is 23.0 Å². The van der Waals surface area contributed by atoms with Crippen LogP contribution in [-0.2, 0) is 20.8 Å². The summed E-state index contributed by atoms with van der Waals surface area (Å²) in [6.07, 6.45) is 2.19. The lowest BCUT2D eigenvalue weighted by Gasteiger charge is -2.53. The number of fused-ring (bicyclic) bond motifs is 1. The molecule has 3 aliphatic rings. The second-order valence-electron chi connectivity index (χ2n) is 8.90. The lowest BCUT2D eigenvalue weighted by molar-refractivity contribution is -0.167. The molecule has 2 saturated heterocycles. The van der Waals surface area contributed by atoms with Gasteiger partial charge in [-0.25, -0.2) is 8.70 Å². The Morgan fingerprint density at radius 3 is 2.46 bits per heavy atom. The Morgan fingerprint density at radius 2 is 1.80 bits per heavy atom. The first-order valence-electron chi connectivity index (χ1n) is 11.3. The molecule has 2 aliphatic heterocycles. The molecule has 5 rings (SSSR count). The molecule has 0 bridgehead atoms. The molecule has 35 heavy (non-hydrogen) atoms. The van der Waals surface area contributed by atoms with Crippen molar-refractivity contribution in [2.45, 2.75) is 48.4 Å². The second kappa shape index (κ2) is 9.97. The highest BCUT2D eigenvalue weighted by molar-refractivity contribution is 7.97. The lowest BCUT2D eigenvalue weighted by Crippen LogP contribution is -2.74. The summed E-state index contributed by atoms with van der Waals surface area (Å²) in [5.74, 6) is -0.798. The standard InChI is InChI=1S/C24H23Cl2FN4O3S/c25-15-3-8-21(18(26)10-15)35-30-11-19(28-13-32)23(33)31-20(9-14-1-4-16(27)5-2-14)24(34)29(12-22(30)31)17-6-7-17/h1-5,8,10,13,17,19-20,22H,6-7,9,11-12H2,(H,28,32). The van der Waals surface area contributed by atoms with Gasteiger partial charge in [-0.15, -0.1) is 0 Å². The summed E-state index contributed by atoms with van der Waals surface area (Å²) < 4.78 is 15.5. The number of hydrogen-bond donors (Lipinski definition) is 1. The summed E-state index contributed by atoms with van der Waals surface area (Å²) >= 11 is 13.9. The van der Waals surface area contributed by atoms with E-state index >= 15 is 0 Å². The first kappa shape index (κ1) is 24.4. The van der Waals surface area contributed by atoms with Crippen LogP contribution in [0.2, 0.25) is 10.0 Å². The lowest BCUT2D eigenvalue weighted by atomic mass is 9.97. The zero-order valence-electron chi connectivity index (χ0n) is 18.6. The monoisotopic (exact) mass is 536 g/mol. The van der Waals surface area contributed by atoms with Crippen LogP contribution in [0.1, 0.15) is 18.4 Å². The van der Waals surface area contributed by atoms with E-state index in [1.54, 1.807) is 35.2 Å². The normalized spacial score (nSPS) is 24.9. The molecule has 1 aliphatic carbocycles. The smallest absolute Gasteiger partial charge is 0.248 e. The molecule has 11 heteroatoms. The van der Waals surface area contributed by atoms with Crippen molar-refractivity contribution in [1.82, 2.24) is 19.4 Å². The third kappa shape index (κ3) is 5.00. The molecule has 1 N–H and O–H groups in total. The number of nitrogens with zero attached hydrogens (tertiary/aromatic N) is 3. The zero-order valence-corrected chi connectivity index (χ0v) is 20.9. The van der Waals surface area contributed by atoms with Gasteiger partial charge in [-0.3, -0.25) is 14.4 Å². The number of carbonyl (C=O) groups is 3. The van der Waals surface area contributed by atoms with Crippen LogP contribution < -0.4 is 5.32 Å². The number of amides is 3. The molecule has 2 heterocycles. The van der Waals surface area contributed by atoms with Gasteiger partial charge in [0.15, 0.2) is 0 Å². The van der Waals surface area contributed by atoms with Crippen molar-refractivity contribution < 1.29 is 18.8 Å². The first-order chi connectivity index (χ1) is 16.9. The summed E-state index contributed by atoms with van der Waals surface area (Å²) in [5.41, 5.74) is 0.749. The van der Waals surface area contributed by atoms with E-state index in [4.69, 9.17) is 23.2 Å². The zero-order chi connectivity index (χ0) is 24.7.